The molecule has 2 saturated carbocycles. The maximum atomic E-state index is 14.4. The van der Waals surface area contributed by atoms with Crippen molar-refractivity contribution in [1.29, 1.82) is 0 Å². The number of benzene rings is 2. The van der Waals surface area contributed by atoms with E-state index in [0.29, 0.717) is 60.0 Å². The van der Waals surface area contributed by atoms with Gasteiger partial charge in [0.1, 0.15) is 28.2 Å². The highest BCUT2D eigenvalue weighted by molar-refractivity contribution is 7.18. The van der Waals surface area contributed by atoms with Crippen molar-refractivity contribution in [3.05, 3.63) is 69.9 Å². The van der Waals surface area contributed by atoms with Gasteiger partial charge < -0.3 is 19.5 Å². The summed E-state index contributed by atoms with van der Waals surface area (Å²) in [6.07, 6.45) is 3.23. The second kappa shape index (κ2) is 9.87. The molecule has 2 aromatic carbocycles. The molecule has 1 unspecified atom stereocenters. The largest absolute Gasteiger partial charge is 0.478 e. The van der Waals surface area contributed by atoms with Gasteiger partial charge in [-0.25, -0.2) is 14.2 Å². The summed E-state index contributed by atoms with van der Waals surface area (Å²) in [6.45, 7) is 1.85. The minimum atomic E-state index is -1.13. The van der Waals surface area contributed by atoms with Gasteiger partial charge in [-0.3, -0.25) is 0 Å². The number of aromatic nitrogens is 2. The van der Waals surface area contributed by atoms with E-state index >= 15 is 0 Å². The van der Waals surface area contributed by atoms with Crippen molar-refractivity contribution in [3.8, 4) is 11.3 Å². The Balaban J connectivity index is 1.17. The fourth-order valence-corrected chi connectivity index (χ4v) is 6.46. The van der Waals surface area contributed by atoms with Gasteiger partial charge in [0.05, 0.1) is 28.5 Å². The number of aliphatic hydroxyl groups is 1. The molecule has 4 aromatic rings. The zero-order valence-corrected chi connectivity index (χ0v) is 21.8. The zero-order valence-electron chi connectivity index (χ0n) is 21.0. The summed E-state index contributed by atoms with van der Waals surface area (Å²) < 4.78 is 27.2. The third-order valence-electron chi connectivity index (χ3n) is 7.67. The molecule has 2 aromatic heterocycles. The van der Waals surface area contributed by atoms with Crippen LogP contribution in [0.5, 0.6) is 0 Å². The highest BCUT2D eigenvalue weighted by Gasteiger charge is 2.39. The summed E-state index contributed by atoms with van der Waals surface area (Å²) in [5.41, 5.74) is 2.69. The Hall–Kier alpha value is -3.14. The maximum absolute atomic E-state index is 14.4. The molecule has 0 bridgehead atoms. The molecule has 0 saturated heterocycles. The molecule has 0 radical (unpaired) electrons. The van der Waals surface area contributed by atoms with Crippen LogP contribution < -0.4 is 0 Å². The molecule has 9 heteroatoms. The Kier molecular flexibility index (Phi) is 6.53. The number of aromatic carboxylic acids is 1. The second-order valence-corrected chi connectivity index (χ2v) is 11.4. The van der Waals surface area contributed by atoms with Gasteiger partial charge in [-0.15, -0.1) is 11.3 Å². The fraction of sp³-hybridized carbons (Fsp3) is 0.414. The molecule has 2 N–H and O–H groups in total. The van der Waals surface area contributed by atoms with Gasteiger partial charge >= 0.3 is 5.97 Å². The van der Waals surface area contributed by atoms with Gasteiger partial charge in [-0.1, -0.05) is 29.4 Å². The van der Waals surface area contributed by atoms with E-state index in [4.69, 9.17) is 9.26 Å². The summed E-state index contributed by atoms with van der Waals surface area (Å²) in [7, 11) is 0. The number of thiazole rings is 1. The van der Waals surface area contributed by atoms with Crippen molar-refractivity contribution >= 4 is 27.5 Å². The number of carbonyl (C=O) groups is 1. The third kappa shape index (κ3) is 4.74. The molecule has 2 heterocycles. The van der Waals surface area contributed by atoms with Gasteiger partial charge in [0.25, 0.3) is 0 Å². The zero-order chi connectivity index (χ0) is 26.4. The summed E-state index contributed by atoms with van der Waals surface area (Å²) in [4.78, 5) is 15.9. The third-order valence-corrected chi connectivity index (χ3v) is 8.88. The van der Waals surface area contributed by atoms with E-state index in [0.717, 1.165) is 34.4 Å². The van der Waals surface area contributed by atoms with E-state index in [1.165, 1.54) is 24.3 Å². The van der Waals surface area contributed by atoms with E-state index in [1.54, 1.807) is 18.2 Å². The van der Waals surface area contributed by atoms with Crippen molar-refractivity contribution in [1.82, 2.24) is 10.1 Å². The number of rotatable bonds is 8. The highest BCUT2D eigenvalue weighted by Crippen LogP contribution is 2.46. The monoisotopic (exact) mass is 536 g/mol. The van der Waals surface area contributed by atoms with E-state index in [2.05, 4.69) is 10.1 Å². The van der Waals surface area contributed by atoms with Crippen molar-refractivity contribution < 1.29 is 28.7 Å². The van der Waals surface area contributed by atoms with Crippen LogP contribution in [-0.2, 0) is 16.9 Å². The Morgan fingerprint density at radius 1 is 1.21 bits per heavy atom. The number of carboxylic acids is 1. The van der Waals surface area contributed by atoms with Crippen molar-refractivity contribution in [2.24, 2.45) is 0 Å². The topological polar surface area (TPSA) is 106 Å². The van der Waals surface area contributed by atoms with Crippen LogP contribution in [0, 0.1) is 0 Å². The quantitative estimate of drug-likeness (QED) is 0.252. The normalized spacial score (nSPS) is 22.6. The first-order valence-electron chi connectivity index (χ1n) is 13.0. The standard InChI is InChI=1S/C29H29FN2O5S/c1-16(30)20-4-2-3-5-21(20)25-22(26(37-32-25)17-6-7-17)15-36-19-10-12-29(35,13-11-19)28-31-23-9-8-18(27(33)34)14-24(23)38-28/h2-5,8-9,14,16-17,19,35H,6-7,10-13,15H2,1H3,(H,33,34)/t16?,19-,29+. The Morgan fingerprint density at radius 3 is 2.68 bits per heavy atom. The molecule has 1 atom stereocenters. The fourth-order valence-electron chi connectivity index (χ4n) is 5.31. The summed E-state index contributed by atoms with van der Waals surface area (Å²) in [5.74, 6) is 0.188. The molecular weight excluding hydrogens is 507 g/mol. The van der Waals surface area contributed by atoms with Crippen LogP contribution in [0.2, 0.25) is 0 Å². The van der Waals surface area contributed by atoms with Crippen molar-refractivity contribution in [3.63, 3.8) is 0 Å². The van der Waals surface area contributed by atoms with Crippen LogP contribution >= 0.6 is 11.3 Å². The van der Waals surface area contributed by atoms with Crippen molar-refractivity contribution in [2.75, 3.05) is 0 Å². The predicted molar refractivity (Wildman–Crippen MR) is 141 cm³/mol. The van der Waals surface area contributed by atoms with Gasteiger partial charge in [-0.05, 0) is 69.2 Å². The first kappa shape index (κ1) is 25.2. The Labute approximate surface area is 223 Å². The molecule has 6 rings (SSSR count). The Morgan fingerprint density at radius 2 is 1.97 bits per heavy atom. The summed E-state index contributed by atoms with van der Waals surface area (Å²) in [6, 6.07) is 12.2. The van der Waals surface area contributed by atoms with Crippen LogP contribution in [0.4, 0.5) is 4.39 Å². The minimum absolute atomic E-state index is 0.0478. The van der Waals surface area contributed by atoms with Crippen LogP contribution in [0.3, 0.4) is 0 Å². The van der Waals surface area contributed by atoms with Gasteiger partial charge in [0, 0.05) is 17.0 Å². The van der Waals surface area contributed by atoms with E-state index in [-0.39, 0.29) is 11.7 Å². The molecule has 7 nitrogen and oxygen atoms in total. The second-order valence-electron chi connectivity index (χ2n) is 10.4. The molecule has 2 fully saturated rings. The number of alkyl halides is 1. The molecule has 0 aliphatic heterocycles. The predicted octanol–water partition coefficient (Wildman–Crippen LogP) is 6.90. The number of fused-ring (bicyclic) bond motifs is 1. The number of hydrogen-bond donors (Lipinski definition) is 2. The van der Waals surface area contributed by atoms with Crippen LogP contribution in [-0.4, -0.2) is 32.4 Å². The average Bonchev–Trinajstić information content (AvgIpc) is 3.51. The van der Waals surface area contributed by atoms with Gasteiger partial charge in [0.2, 0.25) is 0 Å². The lowest BCUT2D eigenvalue weighted by atomic mass is 9.83. The van der Waals surface area contributed by atoms with E-state index in [9.17, 15) is 19.4 Å². The van der Waals surface area contributed by atoms with Crippen LogP contribution in [0.1, 0.15) is 89.8 Å². The number of carboxylic acid groups (broad SMARTS) is 1. The molecule has 2 aliphatic carbocycles. The number of ether oxygens (including phenoxy) is 1. The lowest BCUT2D eigenvalue weighted by Crippen LogP contribution is -2.34. The summed E-state index contributed by atoms with van der Waals surface area (Å²) in [5, 5.41) is 25.6. The van der Waals surface area contributed by atoms with E-state index < -0.39 is 17.7 Å². The molecule has 0 spiro atoms. The maximum Gasteiger partial charge on any atom is 0.335 e. The lowest BCUT2D eigenvalue weighted by molar-refractivity contribution is -0.0640. The molecule has 0 amide bonds. The first-order chi connectivity index (χ1) is 18.3. The minimum Gasteiger partial charge on any atom is -0.478 e. The van der Waals surface area contributed by atoms with Gasteiger partial charge in [-0.2, -0.15) is 0 Å². The number of hydrogen-bond acceptors (Lipinski definition) is 7. The Bertz CT molecular complexity index is 1480. The molecule has 2 aliphatic rings. The number of halogens is 1. The highest BCUT2D eigenvalue weighted by atomic mass is 32.1. The van der Waals surface area contributed by atoms with Crippen molar-refractivity contribution in [2.45, 2.75) is 75.9 Å². The lowest BCUT2D eigenvalue weighted by Gasteiger charge is -2.34. The summed E-state index contributed by atoms with van der Waals surface area (Å²) >= 11 is 1.35. The van der Waals surface area contributed by atoms with E-state index in [1.807, 2.05) is 18.2 Å². The van der Waals surface area contributed by atoms with Crippen LogP contribution in [0.15, 0.2) is 47.0 Å². The average molecular weight is 537 g/mol. The SMILES string of the molecule is CC(F)c1ccccc1-c1noc(C2CC2)c1CO[C@H]1CC[C@](O)(c2nc3ccc(C(=O)O)cc3s2)CC1. The smallest absolute Gasteiger partial charge is 0.335 e. The van der Waals surface area contributed by atoms with Crippen LogP contribution in [0.25, 0.3) is 21.5 Å². The molecule has 198 valence electrons. The molecule has 38 heavy (non-hydrogen) atoms. The first-order valence-corrected chi connectivity index (χ1v) is 13.8. The molecular formula is C29H29FN2O5S. The van der Waals surface area contributed by atoms with Gasteiger partial charge in [0.15, 0.2) is 0 Å². The number of nitrogens with zero attached hydrogens (tertiary/aromatic N) is 2.